The molecule has 0 aliphatic carbocycles. The number of piperidine rings is 2. The van der Waals surface area contributed by atoms with Gasteiger partial charge in [0.2, 0.25) is 0 Å². The SMILES string of the molecule is O=C(O)C(F)(F)F.O=C(c1ccc(Cl)o1)N1C[C@@H]2CNC[C@@H](C2)C1. The molecule has 2 aliphatic rings. The summed E-state index contributed by atoms with van der Waals surface area (Å²) in [5, 5.41) is 10.8. The van der Waals surface area contributed by atoms with Gasteiger partial charge in [0, 0.05) is 13.1 Å². The minimum absolute atomic E-state index is 0.0338. The standard InChI is InChI=1S/C12H15ClN2O2.C2HF3O2/c13-11-2-1-10(17-11)12(16)15-6-8-3-9(7-15)5-14-4-8;3-2(4,5)1(6)7/h1-2,8-9,14H,3-7H2;(H,6,7)/t8-,9+;. The number of furan rings is 1. The molecule has 2 atom stereocenters. The molecule has 10 heteroatoms. The van der Waals surface area contributed by atoms with Crippen molar-refractivity contribution in [2.75, 3.05) is 26.2 Å². The molecule has 0 aromatic carbocycles. The number of nitrogens with one attached hydrogen (secondary N) is 1. The molecular weight excluding hydrogens is 353 g/mol. The minimum atomic E-state index is -5.08. The summed E-state index contributed by atoms with van der Waals surface area (Å²) in [5.41, 5.74) is 0. The van der Waals surface area contributed by atoms with E-state index in [1.165, 1.54) is 6.42 Å². The molecule has 6 nitrogen and oxygen atoms in total. The lowest BCUT2D eigenvalue weighted by molar-refractivity contribution is -0.192. The van der Waals surface area contributed by atoms with Crippen molar-refractivity contribution in [2.24, 2.45) is 11.8 Å². The molecule has 24 heavy (non-hydrogen) atoms. The van der Waals surface area contributed by atoms with E-state index in [-0.39, 0.29) is 11.1 Å². The molecule has 1 aromatic heterocycles. The van der Waals surface area contributed by atoms with Crippen LogP contribution in [-0.4, -0.2) is 54.2 Å². The first kappa shape index (κ1) is 18.6. The summed E-state index contributed by atoms with van der Waals surface area (Å²) in [7, 11) is 0. The van der Waals surface area contributed by atoms with E-state index in [0.717, 1.165) is 26.2 Å². The molecule has 0 spiro atoms. The Kier molecular flexibility index (Phi) is 5.76. The Morgan fingerprint density at radius 1 is 1.25 bits per heavy atom. The Hall–Kier alpha value is -1.74. The van der Waals surface area contributed by atoms with Crippen molar-refractivity contribution in [1.29, 1.82) is 0 Å². The molecule has 2 bridgehead atoms. The summed E-state index contributed by atoms with van der Waals surface area (Å²) < 4.78 is 36.9. The van der Waals surface area contributed by atoms with Crippen molar-refractivity contribution in [1.82, 2.24) is 10.2 Å². The van der Waals surface area contributed by atoms with E-state index in [1.54, 1.807) is 12.1 Å². The maximum Gasteiger partial charge on any atom is 0.490 e. The van der Waals surface area contributed by atoms with E-state index in [1.807, 2.05) is 4.90 Å². The van der Waals surface area contributed by atoms with Crippen molar-refractivity contribution in [3.8, 4) is 0 Å². The van der Waals surface area contributed by atoms with Crippen molar-refractivity contribution >= 4 is 23.5 Å². The van der Waals surface area contributed by atoms with Gasteiger partial charge in [-0.3, -0.25) is 4.79 Å². The Bertz CT molecular complexity index is 593. The van der Waals surface area contributed by atoms with Gasteiger partial charge in [-0.2, -0.15) is 13.2 Å². The summed E-state index contributed by atoms with van der Waals surface area (Å²) >= 11 is 5.69. The fourth-order valence-electron chi connectivity index (χ4n) is 2.86. The van der Waals surface area contributed by atoms with Crippen LogP contribution >= 0.6 is 11.6 Å². The first-order valence-electron chi connectivity index (χ1n) is 7.22. The number of halogens is 4. The van der Waals surface area contributed by atoms with E-state index in [2.05, 4.69) is 5.32 Å². The van der Waals surface area contributed by atoms with Crippen LogP contribution in [-0.2, 0) is 4.79 Å². The highest BCUT2D eigenvalue weighted by Crippen LogP contribution is 2.26. The first-order valence-corrected chi connectivity index (χ1v) is 7.60. The van der Waals surface area contributed by atoms with Gasteiger partial charge in [0.25, 0.3) is 5.91 Å². The lowest BCUT2D eigenvalue weighted by atomic mass is 9.86. The summed E-state index contributed by atoms with van der Waals surface area (Å²) in [6.07, 6.45) is -3.85. The number of fused-ring (bicyclic) bond motifs is 2. The molecule has 2 N–H and O–H groups in total. The maximum absolute atomic E-state index is 12.2. The zero-order valence-corrected chi connectivity index (χ0v) is 13.2. The third kappa shape index (κ3) is 4.88. The fraction of sp³-hybridized carbons (Fsp3) is 0.571. The van der Waals surface area contributed by atoms with Crippen LogP contribution in [0.3, 0.4) is 0 Å². The number of carbonyl (C=O) groups excluding carboxylic acids is 1. The number of hydrogen-bond donors (Lipinski definition) is 2. The third-order valence-corrected chi connectivity index (χ3v) is 4.01. The van der Waals surface area contributed by atoms with Crippen LogP contribution in [0.1, 0.15) is 17.0 Å². The number of likely N-dealkylation sites (tertiary alicyclic amines) is 1. The summed E-state index contributed by atoms with van der Waals surface area (Å²) in [5.74, 6) is -1.28. The monoisotopic (exact) mass is 368 g/mol. The van der Waals surface area contributed by atoms with Crippen molar-refractivity contribution < 1.29 is 32.3 Å². The van der Waals surface area contributed by atoms with Crippen LogP contribution in [0.5, 0.6) is 0 Å². The highest BCUT2D eigenvalue weighted by molar-refractivity contribution is 6.29. The molecule has 0 radical (unpaired) electrons. The van der Waals surface area contributed by atoms with E-state index in [4.69, 9.17) is 25.9 Å². The number of carboxylic acid groups (broad SMARTS) is 1. The van der Waals surface area contributed by atoms with Gasteiger partial charge in [-0.05, 0) is 55.1 Å². The van der Waals surface area contributed by atoms with Crippen molar-refractivity contribution in [2.45, 2.75) is 12.6 Å². The molecule has 3 heterocycles. The first-order chi connectivity index (χ1) is 11.2. The van der Waals surface area contributed by atoms with Gasteiger partial charge >= 0.3 is 12.1 Å². The molecule has 0 saturated carbocycles. The lowest BCUT2D eigenvalue weighted by Crippen LogP contribution is -2.52. The van der Waals surface area contributed by atoms with E-state index in [9.17, 15) is 18.0 Å². The molecule has 0 unspecified atom stereocenters. The predicted molar refractivity (Wildman–Crippen MR) is 77.8 cm³/mol. The Morgan fingerprint density at radius 2 is 1.79 bits per heavy atom. The van der Waals surface area contributed by atoms with Crippen LogP contribution in [0.15, 0.2) is 16.5 Å². The molecule has 1 amide bonds. The second-order valence-corrected chi connectivity index (χ2v) is 6.12. The fourth-order valence-corrected chi connectivity index (χ4v) is 3.00. The van der Waals surface area contributed by atoms with Gasteiger partial charge in [-0.25, -0.2) is 4.79 Å². The van der Waals surface area contributed by atoms with Crippen LogP contribution in [0.4, 0.5) is 13.2 Å². The molecular formula is C14H16ClF3N2O4. The average molecular weight is 369 g/mol. The number of carbonyl (C=O) groups is 2. The van der Waals surface area contributed by atoms with Crippen LogP contribution in [0.25, 0.3) is 0 Å². The molecule has 2 saturated heterocycles. The number of nitrogens with zero attached hydrogens (tertiary/aromatic N) is 1. The highest BCUT2D eigenvalue weighted by atomic mass is 35.5. The van der Waals surface area contributed by atoms with Gasteiger partial charge in [0.15, 0.2) is 11.0 Å². The summed E-state index contributed by atoms with van der Waals surface area (Å²) in [4.78, 5) is 23.0. The molecule has 134 valence electrons. The summed E-state index contributed by atoms with van der Waals surface area (Å²) in [6.45, 7) is 3.67. The topological polar surface area (TPSA) is 82.8 Å². The zero-order chi connectivity index (χ0) is 17.9. The molecule has 2 aliphatic heterocycles. The van der Waals surface area contributed by atoms with Crippen LogP contribution < -0.4 is 5.32 Å². The average Bonchev–Trinajstić information content (AvgIpc) is 2.92. The van der Waals surface area contributed by atoms with Gasteiger partial charge in [-0.15, -0.1) is 0 Å². The van der Waals surface area contributed by atoms with Crippen LogP contribution in [0, 0.1) is 11.8 Å². The minimum Gasteiger partial charge on any atom is -0.475 e. The highest BCUT2D eigenvalue weighted by Gasteiger charge is 2.38. The number of hydrogen-bond acceptors (Lipinski definition) is 4. The Morgan fingerprint density at radius 3 is 2.21 bits per heavy atom. The smallest absolute Gasteiger partial charge is 0.475 e. The van der Waals surface area contributed by atoms with Crippen molar-refractivity contribution in [3.63, 3.8) is 0 Å². The normalized spacial score (nSPS) is 23.2. The zero-order valence-electron chi connectivity index (χ0n) is 12.5. The van der Waals surface area contributed by atoms with Gasteiger partial charge in [-0.1, -0.05) is 0 Å². The summed E-state index contributed by atoms with van der Waals surface area (Å²) in [6, 6.07) is 3.26. The number of carboxylic acids is 1. The number of alkyl halides is 3. The largest absolute Gasteiger partial charge is 0.490 e. The van der Waals surface area contributed by atoms with Crippen LogP contribution in [0.2, 0.25) is 5.22 Å². The maximum atomic E-state index is 12.2. The van der Waals surface area contributed by atoms with Gasteiger partial charge < -0.3 is 19.7 Å². The van der Waals surface area contributed by atoms with Crippen molar-refractivity contribution in [3.05, 3.63) is 23.1 Å². The second kappa shape index (κ2) is 7.43. The van der Waals surface area contributed by atoms with Gasteiger partial charge in [0.1, 0.15) is 0 Å². The number of aliphatic carboxylic acids is 1. The Balaban J connectivity index is 0.000000256. The molecule has 1 aromatic rings. The van der Waals surface area contributed by atoms with E-state index >= 15 is 0 Å². The molecule has 3 rings (SSSR count). The Labute approximate surface area is 140 Å². The van der Waals surface area contributed by atoms with E-state index < -0.39 is 12.1 Å². The second-order valence-electron chi connectivity index (χ2n) is 5.74. The van der Waals surface area contributed by atoms with E-state index in [0.29, 0.717) is 17.6 Å². The van der Waals surface area contributed by atoms with Gasteiger partial charge in [0.05, 0.1) is 0 Å². The third-order valence-electron chi connectivity index (χ3n) is 3.80. The molecule has 2 fully saturated rings. The quantitative estimate of drug-likeness (QED) is 0.794. The number of amides is 1. The number of rotatable bonds is 1. The lowest BCUT2D eigenvalue weighted by Gasteiger charge is -2.41. The predicted octanol–water partition coefficient (Wildman–Crippen LogP) is 2.25.